The van der Waals surface area contributed by atoms with Crippen LogP contribution in [0.4, 0.5) is 0 Å². The predicted molar refractivity (Wildman–Crippen MR) is 154 cm³/mol. The normalized spacial score (nSPS) is 24.7. The molecule has 0 radical (unpaired) electrons. The van der Waals surface area contributed by atoms with Crippen molar-refractivity contribution in [3.05, 3.63) is 36.0 Å². The smallest absolute Gasteiger partial charge is 0.303 e. The summed E-state index contributed by atoms with van der Waals surface area (Å²) >= 11 is 0. The van der Waals surface area contributed by atoms with Crippen LogP contribution in [0.25, 0.3) is 10.9 Å². The molecule has 1 aromatic heterocycles. The van der Waals surface area contributed by atoms with Crippen LogP contribution in [0.2, 0.25) is 0 Å². The number of carbonyl (C=O) groups is 6. The number of para-hydroxylation sites is 1. The second-order valence-electron chi connectivity index (χ2n) is 11.3. The van der Waals surface area contributed by atoms with Gasteiger partial charge in [0, 0.05) is 29.9 Å². The van der Waals surface area contributed by atoms with Gasteiger partial charge in [-0.3, -0.25) is 28.8 Å². The van der Waals surface area contributed by atoms with E-state index in [-0.39, 0.29) is 24.7 Å². The Morgan fingerprint density at radius 1 is 0.762 bits per heavy atom. The van der Waals surface area contributed by atoms with Crippen molar-refractivity contribution in [1.82, 2.24) is 31.6 Å². The van der Waals surface area contributed by atoms with Crippen molar-refractivity contribution in [3.63, 3.8) is 0 Å². The summed E-state index contributed by atoms with van der Waals surface area (Å²) in [6.07, 6.45) is 1.08. The zero-order valence-electron chi connectivity index (χ0n) is 24.4. The zero-order valence-corrected chi connectivity index (χ0v) is 24.4. The number of aromatic nitrogens is 1. The number of rotatable bonds is 7. The second kappa shape index (κ2) is 14.0. The fourth-order valence-electron chi connectivity index (χ4n) is 4.77. The zero-order chi connectivity index (χ0) is 31.1. The van der Waals surface area contributed by atoms with Crippen molar-refractivity contribution in [1.29, 1.82) is 0 Å². The summed E-state index contributed by atoms with van der Waals surface area (Å²) in [6, 6.07) is 1.78. The highest BCUT2D eigenvalue weighted by atomic mass is 16.4. The Morgan fingerprint density at radius 3 is 1.93 bits per heavy atom. The number of aromatic amines is 1. The molecule has 1 aromatic carbocycles. The Bertz CT molecular complexity index is 1340. The number of carbonyl (C=O) groups excluding carboxylic acids is 5. The minimum atomic E-state index is -1.31. The number of aliphatic carboxylic acids is 1. The summed E-state index contributed by atoms with van der Waals surface area (Å²) in [5.41, 5.74) is 1.55. The summed E-state index contributed by atoms with van der Waals surface area (Å²) in [5.74, 6) is -5.27. The van der Waals surface area contributed by atoms with Gasteiger partial charge in [0.1, 0.15) is 30.2 Å². The fraction of sp³-hybridized carbons (Fsp3) is 0.517. The largest absolute Gasteiger partial charge is 0.481 e. The van der Waals surface area contributed by atoms with Crippen molar-refractivity contribution >= 4 is 46.4 Å². The Hall–Kier alpha value is -4.42. The molecule has 2 aromatic rings. The highest BCUT2D eigenvalue weighted by molar-refractivity contribution is 5.98. The van der Waals surface area contributed by atoms with Gasteiger partial charge in [-0.1, -0.05) is 45.9 Å². The van der Waals surface area contributed by atoms with Crippen LogP contribution in [0, 0.1) is 11.8 Å². The van der Waals surface area contributed by atoms with E-state index < -0.39 is 72.1 Å². The van der Waals surface area contributed by atoms with Crippen LogP contribution in [0.15, 0.2) is 30.5 Å². The SMILES string of the molecule is CC1NC(=O)C(CCC(=O)O)NC(=O)C(Cc2c[nH]c3ccccc23)NC(=O)C(C(C)C)NC(=O)C(C(C)C)NC1=O. The van der Waals surface area contributed by atoms with Crippen molar-refractivity contribution in [3.8, 4) is 0 Å². The van der Waals surface area contributed by atoms with Crippen LogP contribution >= 0.6 is 0 Å². The van der Waals surface area contributed by atoms with Crippen molar-refractivity contribution in [2.24, 2.45) is 11.8 Å². The van der Waals surface area contributed by atoms with E-state index in [9.17, 15) is 33.9 Å². The molecule has 1 fully saturated rings. The number of nitrogens with one attached hydrogen (secondary N) is 6. The average Bonchev–Trinajstić information content (AvgIpc) is 3.33. The van der Waals surface area contributed by atoms with Crippen LogP contribution in [0.1, 0.15) is 53.0 Å². The first-order valence-corrected chi connectivity index (χ1v) is 14.1. The minimum Gasteiger partial charge on any atom is -0.481 e. The van der Waals surface area contributed by atoms with Crippen LogP contribution in [0.3, 0.4) is 0 Å². The molecule has 1 aliphatic rings. The summed E-state index contributed by atoms with van der Waals surface area (Å²) in [5, 5.41) is 23.2. The van der Waals surface area contributed by atoms with E-state index in [0.29, 0.717) is 0 Å². The molecule has 0 saturated carbocycles. The molecule has 5 atom stereocenters. The molecule has 0 spiro atoms. The third-order valence-corrected chi connectivity index (χ3v) is 7.26. The molecular formula is C29H40N6O7. The number of carboxylic acid groups (broad SMARTS) is 1. The number of benzene rings is 1. The van der Waals surface area contributed by atoms with Gasteiger partial charge in [-0.15, -0.1) is 0 Å². The van der Waals surface area contributed by atoms with Crippen LogP contribution < -0.4 is 26.6 Å². The van der Waals surface area contributed by atoms with Gasteiger partial charge >= 0.3 is 5.97 Å². The second-order valence-corrected chi connectivity index (χ2v) is 11.3. The van der Waals surface area contributed by atoms with Gasteiger partial charge in [0.15, 0.2) is 0 Å². The molecule has 7 N–H and O–H groups in total. The molecule has 0 aliphatic carbocycles. The lowest BCUT2D eigenvalue weighted by molar-refractivity contribution is -0.138. The van der Waals surface area contributed by atoms with Gasteiger partial charge in [0.25, 0.3) is 0 Å². The van der Waals surface area contributed by atoms with E-state index in [1.165, 1.54) is 6.92 Å². The highest BCUT2D eigenvalue weighted by Gasteiger charge is 2.35. The molecule has 5 unspecified atom stereocenters. The molecule has 1 saturated heterocycles. The Morgan fingerprint density at radius 2 is 1.31 bits per heavy atom. The van der Waals surface area contributed by atoms with E-state index in [2.05, 4.69) is 31.6 Å². The molecule has 2 heterocycles. The van der Waals surface area contributed by atoms with E-state index >= 15 is 0 Å². The van der Waals surface area contributed by atoms with Gasteiger partial charge in [0.05, 0.1) is 0 Å². The third kappa shape index (κ3) is 8.08. The van der Waals surface area contributed by atoms with Crippen molar-refractivity contribution in [2.75, 3.05) is 0 Å². The Labute approximate surface area is 243 Å². The topological polar surface area (TPSA) is 199 Å². The molecular weight excluding hydrogens is 544 g/mol. The standard InChI is InChI=1S/C29H40N6O7/c1-14(2)23-28(41)33-21(12-17-13-30-19-9-7-6-8-18(17)19)27(40)32-20(10-11-22(36)37)26(39)31-16(5)25(38)34-24(15(3)4)29(42)35-23/h6-9,13-16,20-21,23-24,30H,10-12H2,1-5H3,(H,31,39)(H,32,40)(H,33,41)(H,34,38)(H,35,42)(H,36,37). The van der Waals surface area contributed by atoms with E-state index in [1.54, 1.807) is 33.9 Å². The molecule has 13 heteroatoms. The number of carboxylic acids is 1. The van der Waals surface area contributed by atoms with E-state index in [4.69, 9.17) is 0 Å². The van der Waals surface area contributed by atoms with Gasteiger partial charge in [-0.25, -0.2) is 0 Å². The third-order valence-electron chi connectivity index (χ3n) is 7.26. The van der Waals surface area contributed by atoms with Crippen molar-refractivity contribution < 1.29 is 33.9 Å². The molecule has 3 rings (SSSR count). The fourth-order valence-corrected chi connectivity index (χ4v) is 4.77. The molecule has 1 aliphatic heterocycles. The molecule has 42 heavy (non-hydrogen) atoms. The molecule has 0 bridgehead atoms. The highest BCUT2D eigenvalue weighted by Crippen LogP contribution is 2.20. The predicted octanol–water partition coefficient (Wildman–Crippen LogP) is 0.345. The van der Waals surface area contributed by atoms with Gasteiger partial charge in [-0.05, 0) is 36.8 Å². The number of amides is 5. The lowest BCUT2D eigenvalue weighted by atomic mass is 9.98. The summed E-state index contributed by atoms with van der Waals surface area (Å²) < 4.78 is 0. The number of hydrogen-bond acceptors (Lipinski definition) is 6. The first kappa shape index (κ1) is 32.1. The minimum absolute atomic E-state index is 0.0404. The lowest BCUT2D eigenvalue weighted by Crippen LogP contribution is -2.60. The number of fused-ring (bicyclic) bond motifs is 1. The van der Waals surface area contributed by atoms with Gasteiger partial charge in [-0.2, -0.15) is 0 Å². The number of H-pyrrole nitrogens is 1. The van der Waals surface area contributed by atoms with E-state index in [1.807, 2.05) is 24.3 Å². The molecule has 13 nitrogen and oxygen atoms in total. The first-order chi connectivity index (χ1) is 19.8. The maximum Gasteiger partial charge on any atom is 0.303 e. The Kier molecular flexibility index (Phi) is 10.7. The van der Waals surface area contributed by atoms with Gasteiger partial charge < -0.3 is 36.7 Å². The lowest BCUT2D eigenvalue weighted by Gasteiger charge is -2.28. The first-order valence-electron chi connectivity index (χ1n) is 14.1. The van der Waals surface area contributed by atoms with Crippen LogP contribution in [-0.2, 0) is 35.2 Å². The van der Waals surface area contributed by atoms with E-state index in [0.717, 1.165) is 16.5 Å². The van der Waals surface area contributed by atoms with Crippen LogP contribution in [0.5, 0.6) is 0 Å². The van der Waals surface area contributed by atoms with Gasteiger partial charge in [0.2, 0.25) is 29.5 Å². The summed E-state index contributed by atoms with van der Waals surface area (Å²) in [6.45, 7) is 8.35. The summed E-state index contributed by atoms with van der Waals surface area (Å²) in [7, 11) is 0. The quantitative estimate of drug-likeness (QED) is 0.243. The van der Waals surface area contributed by atoms with Crippen molar-refractivity contribution in [2.45, 2.75) is 84.1 Å². The summed E-state index contributed by atoms with van der Waals surface area (Å²) in [4.78, 5) is 81.1. The monoisotopic (exact) mass is 584 g/mol. The molecule has 228 valence electrons. The van der Waals surface area contributed by atoms with Crippen LogP contribution in [-0.4, -0.2) is 75.8 Å². The number of hydrogen-bond donors (Lipinski definition) is 7. The molecule has 5 amide bonds. The maximum absolute atomic E-state index is 13.7. The Balaban J connectivity index is 2.04. The maximum atomic E-state index is 13.7. The average molecular weight is 585 g/mol.